The first-order valence-corrected chi connectivity index (χ1v) is 19.0. The van der Waals surface area contributed by atoms with Crippen LogP contribution in [0.1, 0.15) is 81.2 Å². The number of amides is 1. The largest absolute Gasteiger partial charge is 0.475 e. The number of rotatable bonds is 5. The minimum absolute atomic E-state index is 0.0776. The lowest BCUT2D eigenvalue weighted by molar-refractivity contribution is -0.0358. The summed E-state index contributed by atoms with van der Waals surface area (Å²) < 4.78 is 36.4. The monoisotopic (exact) mass is 709 g/mol. The van der Waals surface area contributed by atoms with Crippen LogP contribution in [0.2, 0.25) is 0 Å². The molecule has 2 aromatic carbocycles. The third kappa shape index (κ3) is 7.28. The van der Waals surface area contributed by atoms with Gasteiger partial charge in [-0.2, -0.15) is 4.98 Å². The molecular formula is C39H47N7O4S. The van der Waals surface area contributed by atoms with E-state index >= 15 is 0 Å². The van der Waals surface area contributed by atoms with E-state index in [4.69, 9.17) is 14.7 Å². The van der Waals surface area contributed by atoms with Crippen molar-refractivity contribution in [1.29, 1.82) is 0 Å². The van der Waals surface area contributed by atoms with Crippen LogP contribution >= 0.6 is 0 Å². The number of aromatic nitrogens is 4. The summed E-state index contributed by atoms with van der Waals surface area (Å²) in [5.74, 6) is 0.221. The van der Waals surface area contributed by atoms with Gasteiger partial charge in [0.25, 0.3) is 15.9 Å². The number of ether oxygens (including phenoxy) is 1. The number of carbonyl (C=O) groups is 1. The minimum Gasteiger partial charge on any atom is -0.475 e. The van der Waals surface area contributed by atoms with Crippen molar-refractivity contribution in [2.75, 3.05) is 29.3 Å². The second-order valence-corrected chi connectivity index (χ2v) is 18.4. The molecule has 1 aliphatic carbocycles. The van der Waals surface area contributed by atoms with Gasteiger partial charge in [0.1, 0.15) is 12.4 Å². The van der Waals surface area contributed by atoms with Gasteiger partial charge in [0.2, 0.25) is 11.8 Å². The molecule has 0 unspecified atom stereocenters. The van der Waals surface area contributed by atoms with Crippen LogP contribution in [0.5, 0.6) is 5.88 Å². The summed E-state index contributed by atoms with van der Waals surface area (Å²) in [5.41, 5.74) is 5.20. The number of hydrogen-bond donors (Lipinski definition) is 1. The number of carbonyl (C=O) groups excluding carboxylic acids is 1. The van der Waals surface area contributed by atoms with Crippen molar-refractivity contribution >= 4 is 27.6 Å². The summed E-state index contributed by atoms with van der Waals surface area (Å²) in [6, 6.07) is 13.3. The molecule has 1 spiro atoms. The Morgan fingerprint density at radius 3 is 2.27 bits per heavy atom. The lowest BCUT2D eigenvalue weighted by Crippen LogP contribution is -2.64. The van der Waals surface area contributed by atoms with E-state index in [0.717, 1.165) is 35.5 Å². The van der Waals surface area contributed by atoms with E-state index in [9.17, 15) is 13.2 Å². The highest BCUT2D eigenvalue weighted by molar-refractivity contribution is 7.92. The van der Waals surface area contributed by atoms with Gasteiger partial charge >= 0.3 is 0 Å². The Kier molecular flexibility index (Phi) is 8.59. The van der Waals surface area contributed by atoms with Crippen LogP contribution in [0.4, 0.5) is 11.6 Å². The van der Waals surface area contributed by atoms with Crippen LogP contribution in [0.15, 0.2) is 65.8 Å². The molecule has 268 valence electrons. The molecule has 2 fully saturated rings. The van der Waals surface area contributed by atoms with Crippen LogP contribution in [-0.2, 0) is 16.6 Å². The fraction of sp³-hybridized carbons (Fsp3) is 0.462. The molecule has 2 aliphatic heterocycles. The van der Waals surface area contributed by atoms with E-state index in [1.54, 1.807) is 23.1 Å². The first-order chi connectivity index (χ1) is 24.0. The lowest BCUT2D eigenvalue weighted by Gasteiger charge is -2.63. The zero-order valence-electron chi connectivity index (χ0n) is 30.5. The molecule has 2 aromatic heterocycles. The number of benzene rings is 2. The molecule has 1 saturated heterocycles. The van der Waals surface area contributed by atoms with E-state index in [1.165, 1.54) is 25.0 Å². The highest BCUT2D eigenvalue weighted by Crippen LogP contribution is 2.59. The van der Waals surface area contributed by atoms with E-state index < -0.39 is 16.1 Å². The summed E-state index contributed by atoms with van der Waals surface area (Å²) in [4.78, 5) is 37.0. The van der Waals surface area contributed by atoms with Gasteiger partial charge in [-0.1, -0.05) is 58.9 Å². The zero-order valence-corrected chi connectivity index (χ0v) is 31.3. The topological polar surface area (TPSA) is 131 Å². The van der Waals surface area contributed by atoms with Crippen LogP contribution in [-0.4, -0.2) is 64.9 Å². The molecule has 1 saturated carbocycles. The molecule has 1 N–H and O–H groups in total. The highest BCUT2D eigenvalue weighted by atomic mass is 32.2. The van der Waals surface area contributed by atoms with Gasteiger partial charge in [-0.15, -0.1) is 0 Å². The van der Waals surface area contributed by atoms with Crippen LogP contribution in [0.25, 0.3) is 11.3 Å². The third-order valence-electron chi connectivity index (χ3n) is 10.2. The zero-order chi connectivity index (χ0) is 36.3. The first kappa shape index (κ1) is 34.9. The second kappa shape index (κ2) is 12.6. The molecule has 7 rings (SSSR count). The van der Waals surface area contributed by atoms with Gasteiger partial charge in [0.05, 0.1) is 41.3 Å². The van der Waals surface area contributed by atoms with Crippen molar-refractivity contribution in [2.45, 2.75) is 85.2 Å². The van der Waals surface area contributed by atoms with Crippen molar-refractivity contribution in [3.63, 3.8) is 0 Å². The van der Waals surface area contributed by atoms with Crippen LogP contribution in [0.3, 0.4) is 0 Å². The van der Waals surface area contributed by atoms with E-state index in [-0.39, 0.29) is 46.8 Å². The molecule has 3 aliphatic rings. The molecule has 51 heavy (non-hydrogen) atoms. The number of aryl methyl sites for hydroxylation is 2. The lowest BCUT2D eigenvalue weighted by atomic mass is 9.51. The number of hydrogen-bond acceptors (Lipinski definition) is 9. The number of nitrogens with zero attached hydrogens (tertiary/aromatic N) is 6. The molecule has 4 aromatic rings. The molecule has 0 radical (unpaired) electrons. The van der Waals surface area contributed by atoms with Crippen molar-refractivity contribution in [3.05, 3.63) is 83.4 Å². The first-order valence-electron chi connectivity index (χ1n) is 17.6. The number of nitrogens with one attached hydrogen (secondary N) is 1. The standard InChI is InChI=1S/C39H47N7O4S/c1-25-10-8-11-26(2)34(25)31-15-33-43-36(42-31)44-51(48,49)30-13-9-12-27(14-30)35(47)46(28(20-50-33)16-37(3,4)5)19-32-40-17-29(18-41-32)45-23-39(24-45)21-38(6,7)22-39/h8-15,17-18,28H,16,19-24H2,1-7H3,(H,42,43,44)/t28-/m1/s1. The number of sulfonamides is 1. The van der Waals surface area contributed by atoms with Crippen LogP contribution < -0.4 is 14.4 Å². The van der Waals surface area contributed by atoms with Gasteiger partial charge in [-0.3, -0.25) is 4.79 Å². The summed E-state index contributed by atoms with van der Waals surface area (Å²) in [7, 11) is -4.17. The van der Waals surface area contributed by atoms with E-state index in [1.807, 2.05) is 44.4 Å². The Bertz CT molecular complexity index is 2060. The van der Waals surface area contributed by atoms with Gasteiger partial charge in [0.15, 0.2) is 0 Å². The predicted molar refractivity (Wildman–Crippen MR) is 197 cm³/mol. The van der Waals surface area contributed by atoms with Crippen molar-refractivity contribution in [3.8, 4) is 17.1 Å². The fourth-order valence-corrected chi connectivity index (χ4v) is 9.43. The summed E-state index contributed by atoms with van der Waals surface area (Å²) in [5, 5.41) is 0. The number of anilines is 2. The molecular weight excluding hydrogens is 663 g/mol. The Morgan fingerprint density at radius 2 is 1.63 bits per heavy atom. The van der Waals surface area contributed by atoms with E-state index in [0.29, 0.717) is 28.8 Å². The van der Waals surface area contributed by atoms with Gasteiger partial charge in [-0.25, -0.2) is 28.1 Å². The second-order valence-electron chi connectivity index (χ2n) is 16.7. The summed E-state index contributed by atoms with van der Waals surface area (Å²) >= 11 is 0. The van der Waals surface area contributed by atoms with Gasteiger partial charge in [-0.05, 0) is 73.3 Å². The normalized spacial score (nSPS) is 20.5. The maximum Gasteiger partial charge on any atom is 0.264 e. The molecule has 4 heterocycles. The van der Waals surface area contributed by atoms with Gasteiger partial charge in [0, 0.05) is 35.7 Å². The maximum absolute atomic E-state index is 14.5. The van der Waals surface area contributed by atoms with E-state index in [2.05, 4.69) is 54.2 Å². The average Bonchev–Trinajstić information content (AvgIpc) is 3.02. The molecule has 1 atom stereocenters. The third-order valence-corrected chi connectivity index (χ3v) is 11.5. The molecule has 1 amide bonds. The van der Waals surface area contributed by atoms with Gasteiger partial charge < -0.3 is 14.5 Å². The van der Waals surface area contributed by atoms with Crippen molar-refractivity contribution < 1.29 is 17.9 Å². The predicted octanol–water partition coefficient (Wildman–Crippen LogP) is 6.82. The summed E-state index contributed by atoms with van der Waals surface area (Å²) in [6.07, 6.45) is 6.75. The minimum atomic E-state index is -4.17. The van der Waals surface area contributed by atoms with Crippen molar-refractivity contribution in [2.24, 2.45) is 16.2 Å². The Morgan fingerprint density at radius 1 is 0.961 bits per heavy atom. The Labute approximate surface area is 301 Å². The SMILES string of the molecule is Cc1cccc(C)c1-c1cc2nc(n1)NS(=O)(=O)c1cccc(c1)C(=O)N(Cc1ncc(N3CC4(C3)CC(C)(C)C4)cn1)[C@H](CC(C)(C)C)CO2. The highest BCUT2D eigenvalue weighted by Gasteiger charge is 2.55. The average molecular weight is 710 g/mol. The smallest absolute Gasteiger partial charge is 0.264 e. The fourth-order valence-electron chi connectivity index (χ4n) is 8.44. The molecule has 12 heteroatoms. The molecule has 4 bridgehead atoms. The van der Waals surface area contributed by atoms with Crippen LogP contribution in [0, 0.1) is 30.1 Å². The Balaban J connectivity index is 1.25. The van der Waals surface area contributed by atoms with Crippen molar-refractivity contribution in [1.82, 2.24) is 24.8 Å². The molecule has 11 nitrogen and oxygen atoms in total. The number of fused-ring (bicyclic) bond motifs is 4. The summed E-state index contributed by atoms with van der Waals surface area (Å²) in [6.45, 7) is 17.2. The maximum atomic E-state index is 14.5. The quantitative estimate of drug-likeness (QED) is 0.237. The Hall–Kier alpha value is -4.58.